The smallest absolute Gasteiger partial charge is 0.215 e. The van der Waals surface area contributed by atoms with E-state index in [0.717, 1.165) is 42.9 Å². The summed E-state index contributed by atoms with van der Waals surface area (Å²) in [6.45, 7) is 8.37. The van der Waals surface area contributed by atoms with Gasteiger partial charge in [-0.15, -0.1) is 0 Å². The van der Waals surface area contributed by atoms with Crippen LogP contribution in [0.15, 0.2) is 42.6 Å². The van der Waals surface area contributed by atoms with Crippen LogP contribution in [0.3, 0.4) is 0 Å². The van der Waals surface area contributed by atoms with Crippen molar-refractivity contribution in [2.75, 3.05) is 24.6 Å². The van der Waals surface area contributed by atoms with Crippen molar-refractivity contribution in [1.82, 2.24) is 4.98 Å². The molecule has 1 saturated heterocycles. The monoisotopic (exact) mass is 382 g/mol. The molecule has 28 heavy (non-hydrogen) atoms. The number of benzene rings is 1. The Labute approximate surface area is 167 Å². The van der Waals surface area contributed by atoms with E-state index in [1.807, 2.05) is 57.2 Å². The number of pyridine rings is 1. The van der Waals surface area contributed by atoms with E-state index in [2.05, 4.69) is 9.88 Å². The van der Waals surface area contributed by atoms with E-state index in [1.165, 1.54) is 0 Å². The lowest BCUT2D eigenvalue weighted by molar-refractivity contribution is -0.120. The summed E-state index contributed by atoms with van der Waals surface area (Å²) in [6.07, 6.45) is 4.44. The van der Waals surface area contributed by atoms with Gasteiger partial charge in [-0.05, 0) is 37.1 Å². The molecule has 150 valence electrons. The van der Waals surface area contributed by atoms with Gasteiger partial charge in [0.05, 0.1) is 13.2 Å². The van der Waals surface area contributed by atoms with Gasteiger partial charge in [0.2, 0.25) is 5.88 Å². The summed E-state index contributed by atoms with van der Waals surface area (Å²) in [5.41, 5.74) is 2.17. The molecule has 1 unspecified atom stereocenters. The van der Waals surface area contributed by atoms with Crippen molar-refractivity contribution < 1.29 is 14.3 Å². The predicted molar refractivity (Wildman–Crippen MR) is 111 cm³/mol. The first-order valence-electron chi connectivity index (χ1n) is 10.2. The minimum absolute atomic E-state index is 0.0535. The van der Waals surface area contributed by atoms with Crippen molar-refractivity contribution in [1.29, 1.82) is 0 Å². The predicted octanol–water partition coefficient (Wildman–Crippen LogP) is 4.61. The molecular formula is C23H30N2O3. The van der Waals surface area contributed by atoms with Gasteiger partial charge in [0.15, 0.2) is 0 Å². The fourth-order valence-electron chi connectivity index (χ4n) is 3.56. The Morgan fingerprint density at radius 1 is 1.25 bits per heavy atom. The first-order valence-corrected chi connectivity index (χ1v) is 10.2. The van der Waals surface area contributed by atoms with E-state index in [4.69, 9.17) is 9.47 Å². The number of hydrogen-bond donors (Lipinski definition) is 0. The molecule has 2 aromatic rings. The standard InChI is InChI=1S/C23H30N2O3/c1-4-6-22(26)17(3)18-7-9-20(10-8-18)28-21-12-14-25(16-21)19-11-13-24-23(15-19)27-5-2/h7-11,13,15,17,21H,4-6,12,14,16H2,1-3H3/t17?,21-/m1/s1. The SMILES string of the molecule is CCCC(=O)C(C)c1ccc(O[C@@H]2CCN(c3ccnc(OCC)c3)C2)cc1. The number of carbonyl (C=O) groups is 1. The zero-order valence-electron chi connectivity index (χ0n) is 17.1. The number of rotatable bonds is 9. The average Bonchev–Trinajstić information content (AvgIpc) is 3.17. The molecule has 0 radical (unpaired) electrons. The number of ketones is 1. The van der Waals surface area contributed by atoms with Crippen LogP contribution in [0, 0.1) is 0 Å². The highest BCUT2D eigenvalue weighted by molar-refractivity contribution is 5.85. The van der Waals surface area contributed by atoms with Gasteiger partial charge in [0.1, 0.15) is 17.6 Å². The van der Waals surface area contributed by atoms with Crippen LogP contribution in [0.5, 0.6) is 11.6 Å². The van der Waals surface area contributed by atoms with E-state index >= 15 is 0 Å². The second kappa shape index (κ2) is 9.58. The highest BCUT2D eigenvalue weighted by Gasteiger charge is 2.25. The minimum atomic E-state index is -0.0535. The number of aromatic nitrogens is 1. The molecule has 0 aliphatic carbocycles. The molecule has 1 aliphatic heterocycles. The van der Waals surface area contributed by atoms with Crippen molar-refractivity contribution in [3.8, 4) is 11.6 Å². The molecule has 0 bridgehead atoms. The normalized spacial score (nSPS) is 17.4. The third kappa shape index (κ3) is 5.03. The highest BCUT2D eigenvalue weighted by atomic mass is 16.5. The molecule has 0 N–H and O–H groups in total. The van der Waals surface area contributed by atoms with Crippen LogP contribution < -0.4 is 14.4 Å². The Morgan fingerprint density at radius 3 is 2.75 bits per heavy atom. The average molecular weight is 383 g/mol. The lowest BCUT2D eigenvalue weighted by atomic mass is 9.94. The molecule has 3 rings (SSSR count). The van der Waals surface area contributed by atoms with Gasteiger partial charge in [-0.25, -0.2) is 4.98 Å². The van der Waals surface area contributed by atoms with Crippen molar-refractivity contribution in [2.24, 2.45) is 0 Å². The van der Waals surface area contributed by atoms with Crippen LogP contribution in [-0.4, -0.2) is 36.6 Å². The molecule has 5 nitrogen and oxygen atoms in total. The maximum atomic E-state index is 12.1. The molecule has 0 saturated carbocycles. The summed E-state index contributed by atoms with van der Waals surface area (Å²) in [4.78, 5) is 18.6. The molecule has 1 aromatic heterocycles. The van der Waals surface area contributed by atoms with Crippen molar-refractivity contribution in [2.45, 2.75) is 52.1 Å². The molecule has 1 aromatic carbocycles. The molecule has 2 atom stereocenters. The van der Waals surface area contributed by atoms with Gasteiger partial charge in [-0.1, -0.05) is 26.0 Å². The first-order chi connectivity index (χ1) is 13.6. The molecule has 0 spiro atoms. The number of Topliss-reactive ketones (excluding diaryl/α,β-unsaturated/α-hetero) is 1. The van der Waals surface area contributed by atoms with Gasteiger partial charge in [-0.3, -0.25) is 4.79 Å². The number of ether oxygens (including phenoxy) is 2. The zero-order valence-corrected chi connectivity index (χ0v) is 17.1. The van der Waals surface area contributed by atoms with Crippen LogP contribution in [0.25, 0.3) is 0 Å². The number of hydrogen-bond acceptors (Lipinski definition) is 5. The van der Waals surface area contributed by atoms with E-state index in [0.29, 0.717) is 24.7 Å². The van der Waals surface area contributed by atoms with E-state index < -0.39 is 0 Å². The Morgan fingerprint density at radius 2 is 2.04 bits per heavy atom. The van der Waals surface area contributed by atoms with Crippen LogP contribution in [0.2, 0.25) is 0 Å². The topological polar surface area (TPSA) is 51.7 Å². The summed E-state index contributed by atoms with van der Waals surface area (Å²) in [5.74, 6) is 1.76. The zero-order chi connectivity index (χ0) is 19.9. The fraction of sp³-hybridized carbons (Fsp3) is 0.478. The van der Waals surface area contributed by atoms with Gasteiger partial charge in [0, 0.05) is 43.3 Å². The van der Waals surface area contributed by atoms with Gasteiger partial charge in [-0.2, -0.15) is 0 Å². The van der Waals surface area contributed by atoms with Crippen LogP contribution in [0.4, 0.5) is 5.69 Å². The minimum Gasteiger partial charge on any atom is -0.489 e. The van der Waals surface area contributed by atoms with Crippen LogP contribution in [0.1, 0.15) is 51.5 Å². The molecule has 1 fully saturated rings. The second-order valence-electron chi connectivity index (χ2n) is 7.27. The highest BCUT2D eigenvalue weighted by Crippen LogP contribution is 2.27. The van der Waals surface area contributed by atoms with Gasteiger partial charge >= 0.3 is 0 Å². The van der Waals surface area contributed by atoms with Crippen molar-refractivity contribution in [3.63, 3.8) is 0 Å². The molecular weight excluding hydrogens is 352 g/mol. The first kappa shape index (κ1) is 20.2. The Hall–Kier alpha value is -2.56. The number of anilines is 1. The quantitative estimate of drug-likeness (QED) is 0.634. The lowest BCUT2D eigenvalue weighted by Gasteiger charge is -2.19. The summed E-state index contributed by atoms with van der Waals surface area (Å²) in [5, 5.41) is 0. The molecule has 1 aliphatic rings. The second-order valence-corrected chi connectivity index (χ2v) is 7.27. The van der Waals surface area contributed by atoms with E-state index in [-0.39, 0.29) is 12.0 Å². The van der Waals surface area contributed by atoms with Crippen molar-refractivity contribution in [3.05, 3.63) is 48.2 Å². The van der Waals surface area contributed by atoms with Gasteiger partial charge < -0.3 is 14.4 Å². The Bertz CT molecular complexity index is 776. The van der Waals surface area contributed by atoms with Gasteiger partial charge in [0.25, 0.3) is 0 Å². The Kier molecular flexibility index (Phi) is 6.90. The van der Waals surface area contributed by atoms with E-state index in [1.54, 1.807) is 6.20 Å². The summed E-state index contributed by atoms with van der Waals surface area (Å²) < 4.78 is 11.7. The maximum Gasteiger partial charge on any atom is 0.215 e. The van der Waals surface area contributed by atoms with Crippen LogP contribution in [-0.2, 0) is 4.79 Å². The number of nitrogens with zero attached hydrogens (tertiary/aromatic N) is 2. The molecule has 2 heterocycles. The summed E-state index contributed by atoms with van der Waals surface area (Å²) in [7, 11) is 0. The largest absolute Gasteiger partial charge is 0.489 e. The van der Waals surface area contributed by atoms with Crippen LogP contribution >= 0.6 is 0 Å². The number of carbonyl (C=O) groups excluding carboxylic acids is 1. The fourth-order valence-corrected chi connectivity index (χ4v) is 3.56. The Balaban J connectivity index is 1.57. The van der Waals surface area contributed by atoms with Crippen molar-refractivity contribution >= 4 is 11.5 Å². The molecule has 5 heteroatoms. The molecule has 0 amide bonds. The summed E-state index contributed by atoms with van der Waals surface area (Å²) >= 11 is 0. The van der Waals surface area contributed by atoms with E-state index in [9.17, 15) is 4.79 Å². The third-order valence-corrected chi connectivity index (χ3v) is 5.18. The lowest BCUT2D eigenvalue weighted by Crippen LogP contribution is -2.24. The third-order valence-electron chi connectivity index (χ3n) is 5.18. The maximum absolute atomic E-state index is 12.1. The summed E-state index contributed by atoms with van der Waals surface area (Å²) in [6, 6.07) is 12.0.